The number of aromatic nitrogens is 1. The van der Waals surface area contributed by atoms with E-state index in [0.717, 1.165) is 35.9 Å². The van der Waals surface area contributed by atoms with Crippen molar-refractivity contribution in [3.05, 3.63) is 81.1 Å². The van der Waals surface area contributed by atoms with E-state index in [9.17, 15) is 4.79 Å². The van der Waals surface area contributed by atoms with E-state index in [0.29, 0.717) is 23.8 Å². The van der Waals surface area contributed by atoms with E-state index in [-0.39, 0.29) is 17.7 Å². The molecule has 1 saturated heterocycles. The molecular formula is C26H31N3O2S. The molecule has 168 valence electrons. The highest BCUT2D eigenvalue weighted by Gasteiger charge is 2.23. The number of aryl methyl sites for hydroxylation is 2. The van der Waals surface area contributed by atoms with Gasteiger partial charge in [0.05, 0.1) is 24.2 Å². The molecule has 1 aliphatic heterocycles. The van der Waals surface area contributed by atoms with Crippen LogP contribution in [-0.2, 0) is 11.3 Å². The van der Waals surface area contributed by atoms with Gasteiger partial charge in [0.25, 0.3) is 5.56 Å². The van der Waals surface area contributed by atoms with E-state index in [1.807, 2.05) is 31.2 Å². The lowest BCUT2D eigenvalue weighted by Crippen LogP contribution is -2.44. The molecule has 6 heteroatoms. The number of thiocarbonyl (C=S) groups is 1. The smallest absolute Gasteiger partial charge is 0.253 e. The molecule has 0 bridgehead atoms. The van der Waals surface area contributed by atoms with Crippen LogP contribution in [0.3, 0.4) is 0 Å². The number of pyridine rings is 1. The molecule has 4 rings (SSSR count). The molecule has 0 unspecified atom stereocenters. The Bertz CT molecular complexity index is 1150. The normalized spacial score (nSPS) is 16.8. The molecule has 1 fully saturated rings. The molecule has 5 nitrogen and oxygen atoms in total. The van der Waals surface area contributed by atoms with E-state index in [1.54, 1.807) is 0 Å². The van der Waals surface area contributed by atoms with Gasteiger partial charge in [0, 0.05) is 18.7 Å². The molecule has 2 N–H and O–H groups in total. The van der Waals surface area contributed by atoms with Crippen LogP contribution in [-0.4, -0.2) is 34.3 Å². The quantitative estimate of drug-likeness (QED) is 0.532. The molecule has 0 spiro atoms. The second kappa shape index (κ2) is 9.84. The summed E-state index contributed by atoms with van der Waals surface area (Å²) in [7, 11) is 0. The number of hydrogen-bond donors (Lipinski definition) is 2. The van der Waals surface area contributed by atoms with Crippen LogP contribution in [0.1, 0.15) is 48.1 Å². The second-order valence-corrected chi connectivity index (χ2v) is 9.15. The van der Waals surface area contributed by atoms with Gasteiger partial charge in [-0.2, -0.15) is 0 Å². The van der Waals surface area contributed by atoms with Gasteiger partial charge in [0.2, 0.25) is 0 Å². The summed E-state index contributed by atoms with van der Waals surface area (Å²) in [5.74, 6) is 0. The van der Waals surface area contributed by atoms with E-state index in [2.05, 4.69) is 53.3 Å². The Morgan fingerprint density at radius 1 is 1.25 bits per heavy atom. The van der Waals surface area contributed by atoms with Gasteiger partial charge in [-0.1, -0.05) is 42.0 Å². The fourth-order valence-corrected chi connectivity index (χ4v) is 4.73. The number of ether oxygens (including phenoxy) is 1. The lowest BCUT2D eigenvalue weighted by atomic mass is 10.0. The highest BCUT2D eigenvalue weighted by atomic mass is 32.1. The first-order valence-corrected chi connectivity index (χ1v) is 11.7. The summed E-state index contributed by atoms with van der Waals surface area (Å²) in [5, 5.41) is 5.14. The molecule has 0 amide bonds. The third-order valence-corrected chi connectivity index (χ3v) is 6.48. The minimum atomic E-state index is -0.0688. The van der Waals surface area contributed by atoms with Crippen molar-refractivity contribution in [1.29, 1.82) is 0 Å². The van der Waals surface area contributed by atoms with Crippen LogP contribution in [0, 0.1) is 13.8 Å². The number of nitrogens with zero attached hydrogens (tertiary/aromatic N) is 1. The molecule has 2 atom stereocenters. The number of nitrogens with one attached hydrogen (secondary N) is 2. The molecule has 3 aromatic rings. The van der Waals surface area contributed by atoms with E-state index >= 15 is 0 Å². The summed E-state index contributed by atoms with van der Waals surface area (Å²) in [4.78, 5) is 18.1. The van der Waals surface area contributed by atoms with Gasteiger partial charge in [-0.05, 0) is 74.5 Å². The van der Waals surface area contributed by atoms with Crippen LogP contribution in [0.2, 0.25) is 0 Å². The van der Waals surface area contributed by atoms with Crippen molar-refractivity contribution < 1.29 is 4.74 Å². The van der Waals surface area contributed by atoms with Crippen molar-refractivity contribution in [2.75, 3.05) is 13.2 Å². The maximum atomic E-state index is 12.9. The molecule has 0 aliphatic carbocycles. The molecule has 1 aromatic heterocycles. The van der Waals surface area contributed by atoms with Crippen molar-refractivity contribution in [3.8, 4) is 0 Å². The maximum Gasteiger partial charge on any atom is 0.253 e. The second-order valence-electron chi connectivity index (χ2n) is 8.77. The lowest BCUT2D eigenvalue weighted by molar-refractivity contribution is 0.0895. The van der Waals surface area contributed by atoms with Crippen molar-refractivity contribution >= 4 is 28.2 Å². The average molecular weight is 450 g/mol. The van der Waals surface area contributed by atoms with Gasteiger partial charge in [-0.25, -0.2) is 0 Å². The first kappa shape index (κ1) is 22.5. The van der Waals surface area contributed by atoms with Crippen LogP contribution < -0.4 is 10.9 Å². The molecule has 32 heavy (non-hydrogen) atoms. The number of fused-ring (bicyclic) bond motifs is 1. The van der Waals surface area contributed by atoms with Crippen molar-refractivity contribution in [2.24, 2.45) is 0 Å². The highest BCUT2D eigenvalue weighted by Crippen LogP contribution is 2.20. The van der Waals surface area contributed by atoms with Crippen LogP contribution in [0.25, 0.3) is 10.9 Å². The molecule has 2 heterocycles. The Kier molecular flexibility index (Phi) is 6.92. The first-order chi connectivity index (χ1) is 15.4. The number of hydrogen-bond acceptors (Lipinski definition) is 3. The summed E-state index contributed by atoms with van der Waals surface area (Å²) < 4.78 is 5.88. The van der Waals surface area contributed by atoms with Crippen molar-refractivity contribution in [1.82, 2.24) is 15.2 Å². The molecule has 1 aliphatic rings. The van der Waals surface area contributed by atoms with Gasteiger partial charge in [-0.15, -0.1) is 0 Å². The van der Waals surface area contributed by atoms with Crippen LogP contribution >= 0.6 is 12.2 Å². The first-order valence-electron chi connectivity index (χ1n) is 11.3. The Hall–Kier alpha value is -2.70. The zero-order valence-corrected chi connectivity index (χ0v) is 19.8. The van der Waals surface area contributed by atoms with E-state index in [1.165, 1.54) is 11.1 Å². The number of benzene rings is 2. The number of rotatable bonds is 6. The molecule has 0 saturated carbocycles. The lowest BCUT2D eigenvalue weighted by Gasteiger charge is -2.30. The van der Waals surface area contributed by atoms with E-state index in [4.69, 9.17) is 17.0 Å². The van der Waals surface area contributed by atoms with Gasteiger partial charge >= 0.3 is 0 Å². The zero-order chi connectivity index (χ0) is 22.7. The zero-order valence-electron chi connectivity index (χ0n) is 19.0. The fraction of sp³-hybridized carbons (Fsp3) is 0.385. The Labute approximate surface area is 194 Å². The Morgan fingerprint density at radius 3 is 2.75 bits per heavy atom. The third-order valence-electron chi connectivity index (χ3n) is 6.11. The van der Waals surface area contributed by atoms with Crippen LogP contribution in [0.15, 0.2) is 53.3 Å². The van der Waals surface area contributed by atoms with Gasteiger partial charge in [0.15, 0.2) is 5.11 Å². The van der Waals surface area contributed by atoms with Crippen LogP contribution in [0.4, 0.5) is 0 Å². The Morgan fingerprint density at radius 2 is 2.03 bits per heavy atom. The maximum absolute atomic E-state index is 12.9. The van der Waals surface area contributed by atoms with Gasteiger partial charge < -0.3 is 19.9 Å². The number of H-pyrrole nitrogens is 1. The van der Waals surface area contributed by atoms with Crippen LogP contribution in [0.5, 0.6) is 0 Å². The summed E-state index contributed by atoms with van der Waals surface area (Å²) in [5.41, 5.74) is 4.96. The Balaban J connectivity index is 1.59. The SMILES string of the molecule is Cc1cc(C)c2[nH]c(=O)c(CN(C[C@H]3CCCO3)C(=S)N[C@@H](C)c3ccccc3)cc2c1. The predicted octanol–water partition coefficient (Wildman–Crippen LogP) is 4.76. The summed E-state index contributed by atoms with van der Waals surface area (Å²) in [6, 6.07) is 16.5. The fourth-order valence-electron chi connectivity index (χ4n) is 4.41. The minimum absolute atomic E-state index is 0.0656. The third kappa shape index (κ3) is 5.19. The van der Waals surface area contributed by atoms with Gasteiger partial charge in [-0.3, -0.25) is 4.79 Å². The standard InChI is InChI=1S/C26H31N3O2S/c1-17-12-18(2)24-21(13-17)14-22(25(30)28-24)15-29(16-23-10-7-11-31-23)26(32)27-19(3)20-8-5-4-6-9-20/h4-6,8-9,12-14,19,23H,7,10-11,15-16H2,1-3H3,(H,27,32)(H,28,30)/t19-,23+/m0/s1. The monoisotopic (exact) mass is 449 g/mol. The topological polar surface area (TPSA) is 57.4 Å². The molecule has 0 radical (unpaired) electrons. The van der Waals surface area contributed by atoms with Gasteiger partial charge in [0.1, 0.15) is 0 Å². The number of aromatic amines is 1. The predicted molar refractivity (Wildman–Crippen MR) is 134 cm³/mol. The largest absolute Gasteiger partial charge is 0.376 e. The van der Waals surface area contributed by atoms with Crippen molar-refractivity contribution in [2.45, 2.75) is 52.3 Å². The average Bonchev–Trinajstić information content (AvgIpc) is 3.28. The van der Waals surface area contributed by atoms with E-state index < -0.39 is 0 Å². The summed E-state index contributed by atoms with van der Waals surface area (Å²) >= 11 is 5.81. The summed E-state index contributed by atoms with van der Waals surface area (Å²) in [6.07, 6.45) is 2.21. The minimum Gasteiger partial charge on any atom is -0.376 e. The van der Waals surface area contributed by atoms with Crippen molar-refractivity contribution in [3.63, 3.8) is 0 Å². The molecule has 2 aromatic carbocycles. The molecular weight excluding hydrogens is 418 g/mol. The highest BCUT2D eigenvalue weighted by molar-refractivity contribution is 7.80. The summed E-state index contributed by atoms with van der Waals surface area (Å²) in [6.45, 7) is 8.08.